The summed E-state index contributed by atoms with van der Waals surface area (Å²) >= 11 is 0. The fourth-order valence-corrected chi connectivity index (χ4v) is 1.78. The SMILES string of the molecule is CCCNc1cc(CNCC(C)C)cc(CC)n1. The van der Waals surface area contributed by atoms with E-state index in [1.807, 2.05) is 0 Å². The van der Waals surface area contributed by atoms with Gasteiger partial charge in [0.05, 0.1) is 0 Å². The van der Waals surface area contributed by atoms with Crippen molar-refractivity contribution in [3.63, 3.8) is 0 Å². The molecule has 0 fully saturated rings. The number of hydrogen-bond acceptors (Lipinski definition) is 3. The summed E-state index contributed by atoms with van der Waals surface area (Å²) in [4.78, 5) is 4.59. The maximum absolute atomic E-state index is 4.59. The minimum Gasteiger partial charge on any atom is -0.370 e. The lowest BCUT2D eigenvalue weighted by Gasteiger charge is -2.11. The molecule has 18 heavy (non-hydrogen) atoms. The van der Waals surface area contributed by atoms with Gasteiger partial charge in [-0.05, 0) is 43.0 Å². The summed E-state index contributed by atoms with van der Waals surface area (Å²) in [7, 11) is 0. The summed E-state index contributed by atoms with van der Waals surface area (Å²) in [6.45, 7) is 11.7. The predicted octanol–water partition coefficient (Wildman–Crippen LogP) is 3.21. The van der Waals surface area contributed by atoms with Crippen molar-refractivity contribution in [2.24, 2.45) is 5.92 Å². The van der Waals surface area contributed by atoms with E-state index in [2.05, 4.69) is 55.4 Å². The van der Waals surface area contributed by atoms with Crippen molar-refractivity contribution >= 4 is 5.82 Å². The number of rotatable bonds is 8. The third-order valence-electron chi connectivity index (χ3n) is 2.74. The maximum atomic E-state index is 4.59. The minimum atomic E-state index is 0.690. The molecule has 102 valence electrons. The van der Waals surface area contributed by atoms with E-state index in [1.54, 1.807) is 0 Å². The Morgan fingerprint density at radius 1 is 1.22 bits per heavy atom. The summed E-state index contributed by atoms with van der Waals surface area (Å²) in [5, 5.41) is 6.85. The molecular weight excluding hydrogens is 222 g/mol. The molecule has 0 amide bonds. The van der Waals surface area contributed by atoms with Crippen molar-refractivity contribution in [2.45, 2.75) is 47.1 Å². The first-order valence-electron chi connectivity index (χ1n) is 7.10. The van der Waals surface area contributed by atoms with Gasteiger partial charge in [0.15, 0.2) is 0 Å². The summed E-state index contributed by atoms with van der Waals surface area (Å²) < 4.78 is 0. The van der Waals surface area contributed by atoms with E-state index in [0.29, 0.717) is 5.92 Å². The highest BCUT2D eigenvalue weighted by molar-refractivity contribution is 5.39. The highest BCUT2D eigenvalue weighted by Crippen LogP contribution is 2.11. The van der Waals surface area contributed by atoms with Crippen LogP contribution in [-0.4, -0.2) is 18.1 Å². The molecule has 0 aliphatic rings. The topological polar surface area (TPSA) is 37.0 Å². The Hall–Kier alpha value is -1.09. The van der Waals surface area contributed by atoms with Crippen LogP contribution >= 0.6 is 0 Å². The first-order chi connectivity index (χ1) is 8.65. The molecule has 3 heteroatoms. The van der Waals surface area contributed by atoms with Crippen LogP contribution in [0.3, 0.4) is 0 Å². The minimum absolute atomic E-state index is 0.690. The normalized spacial score (nSPS) is 10.9. The van der Waals surface area contributed by atoms with Crippen LogP contribution < -0.4 is 10.6 Å². The van der Waals surface area contributed by atoms with Crippen LogP contribution in [0.25, 0.3) is 0 Å². The Labute approximate surface area is 111 Å². The van der Waals surface area contributed by atoms with Gasteiger partial charge in [-0.3, -0.25) is 0 Å². The van der Waals surface area contributed by atoms with Crippen LogP contribution in [0.1, 0.15) is 45.4 Å². The van der Waals surface area contributed by atoms with Crippen molar-refractivity contribution in [3.8, 4) is 0 Å². The largest absolute Gasteiger partial charge is 0.370 e. The van der Waals surface area contributed by atoms with Crippen LogP contribution in [0.5, 0.6) is 0 Å². The molecule has 1 aromatic rings. The Kier molecular flexibility index (Phi) is 6.73. The molecule has 1 rings (SSSR count). The quantitative estimate of drug-likeness (QED) is 0.743. The maximum Gasteiger partial charge on any atom is 0.126 e. The Balaban J connectivity index is 2.64. The molecule has 1 aromatic heterocycles. The molecule has 0 saturated carbocycles. The molecule has 0 aromatic carbocycles. The molecule has 0 bridgehead atoms. The standard InChI is InChI=1S/C15H27N3/c1-5-7-17-15-9-13(8-14(6-2)18-15)11-16-10-12(3)4/h8-9,12,16H,5-7,10-11H2,1-4H3,(H,17,18). The second-order valence-corrected chi connectivity index (χ2v) is 5.16. The molecule has 0 aliphatic heterocycles. The molecule has 0 aliphatic carbocycles. The fraction of sp³-hybridized carbons (Fsp3) is 0.667. The molecule has 3 nitrogen and oxygen atoms in total. The van der Waals surface area contributed by atoms with E-state index < -0.39 is 0 Å². The fourth-order valence-electron chi connectivity index (χ4n) is 1.78. The average Bonchev–Trinajstić information content (AvgIpc) is 2.35. The smallest absolute Gasteiger partial charge is 0.126 e. The van der Waals surface area contributed by atoms with Crippen molar-refractivity contribution in [1.82, 2.24) is 10.3 Å². The third kappa shape index (κ3) is 5.50. The molecule has 0 atom stereocenters. The Bertz CT molecular complexity index is 348. The van der Waals surface area contributed by atoms with E-state index in [0.717, 1.165) is 44.0 Å². The second-order valence-electron chi connectivity index (χ2n) is 5.16. The summed E-state index contributed by atoms with van der Waals surface area (Å²) in [5.74, 6) is 1.70. The van der Waals surface area contributed by atoms with Crippen LogP contribution in [0.2, 0.25) is 0 Å². The van der Waals surface area contributed by atoms with Gasteiger partial charge in [-0.15, -0.1) is 0 Å². The van der Waals surface area contributed by atoms with E-state index in [4.69, 9.17) is 0 Å². The molecule has 2 N–H and O–H groups in total. The van der Waals surface area contributed by atoms with Crippen molar-refractivity contribution < 1.29 is 0 Å². The van der Waals surface area contributed by atoms with Gasteiger partial charge in [0.1, 0.15) is 5.82 Å². The van der Waals surface area contributed by atoms with Gasteiger partial charge in [-0.1, -0.05) is 27.7 Å². The predicted molar refractivity (Wildman–Crippen MR) is 78.9 cm³/mol. The van der Waals surface area contributed by atoms with Gasteiger partial charge in [-0.25, -0.2) is 4.98 Å². The molecular formula is C15H27N3. The van der Waals surface area contributed by atoms with Gasteiger partial charge in [0.25, 0.3) is 0 Å². The molecule has 0 saturated heterocycles. The summed E-state index contributed by atoms with van der Waals surface area (Å²) in [5.41, 5.74) is 2.48. The summed E-state index contributed by atoms with van der Waals surface area (Å²) in [6, 6.07) is 4.35. The third-order valence-corrected chi connectivity index (χ3v) is 2.74. The van der Waals surface area contributed by atoms with Gasteiger partial charge in [-0.2, -0.15) is 0 Å². The Morgan fingerprint density at radius 2 is 2.00 bits per heavy atom. The number of anilines is 1. The van der Waals surface area contributed by atoms with E-state index in [1.165, 1.54) is 5.56 Å². The average molecular weight is 249 g/mol. The lowest BCUT2D eigenvalue weighted by molar-refractivity contribution is 0.552. The summed E-state index contributed by atoms with van der Waals surface area (Å²) in [6.07, 6.45) is 2.11. The lowest BCUT2D eigenvalue weighted by Crippen LogP contribution is -2.19. The van der Waals surface area contributed by atoms with Crippen LogP contribution in [-0.2, 0) is 13.0 Å². The van der Waals surface area contributed by atoms with E-state index in [-0.39, 0.29) is 0 Å². The number of nitrogens with one attached hydrogen (secondary N) is 2. The number of nitrogens with zero attached hydrogens (tertiary/aromatic N) is 1. The van der Waals surface area contributed by atoms with Crippen LogP contribution in [0.15, 0.2) is 12.1 Å². The van der Waals surface area contributed by atoms with Crippen molar-refractivity contribution in [3.05, 3.63) is 23.4 Å². The zero-order valence-corrected chi connectivity index (χ0v) is 12.2. The van der Waals surface area contributed by atoms with Crippen molar-refractivity contribution in [1.29, 1.82) is 0 Å². The molecule has 0 spiro atoms. The lowest BCUT2D eigenvalue weighted by atomic mass is 10.1. The van der Waals surface area contributed by atoms with E-state index in [9.17, 15) is 0 Å². The van der Waals surface area contributed by atoms with Crippen LogP contribution in [0, 0.1) is 5.92 Å². The van der Waals surface area contributed by atoms with Gasteiger partial charge >= 0.3 is 0 Å². The first kappa shape index (κ1) is 15.0. The number of hydrogen-bond donors (Lipinski definition) is 2. The number of pyridine rings is 1. The van der Waals surface area contributed by atoms with E-state index >= 15 is 0 Å². The van der Waals surface area contributed by atoms with Gasteiger partial charge in [0, 0.05) is 18.8 Å². The second kappa shape index (κ2) is 8.09. The van der Waals surface area contributed by atoms with Crippen LogP contribution in [0.4, 0.5) is 5.82 Å². The zero-order chi connectivity index (χ0) is 13.4. The van der Waals surface area contributed by atoms with Gasteiger partial charge < -0.3 is 10.6 Å². The first-order valence-corrected chi connectivity index (χ1v) is 7.10. The zero-order valence-electron chi connectivity index (χ0n) is 12.2. The Morgan fingerprint density at radius 3 is 2.61 bits per heavy atom. The number of aromatic nitrogens is 1. The monoisotopic (exact) mass is 249 g/mol. The molecule has 0 unspecified atom stereocenters. The van der Waals surface area contributed by atoms with Gasteiger partial charge in [0.2, 0.25) is 0 Å². The highest BCUT2D eigenvalue weighted by atomic mass is 15.0. The highest BCUT2D eigenvalue weighted by Gasteiger charge is 2.02. The molecule has 1 heterocycles. The van der Waals surface area contributed by atoms with Crippen molar-refractivity contribution in [2.75, 3.05) is 18.4 Å². The number of aryl methyl sites for hydroxylation is 1. The molecule has 0 radical (unpaired) electrons.